The number of nitrogens with two attached hydrogens (primary N) is 2. The number of oxime groups is 2. The van der Waals surface area contributed by atoms with Crippen molar-refractivity contribution in [1.82, 2.24) is 0 Å². The average Bonchev–Trinajstić information content (AvgIpc) is 2.80. The summed E-state index contributed by atoms with van der Waals surface area (Å²) in [7, 11) is -2.83. The van der Waals surface area contributed by atoms with Gasteiger partial charge in [0.25, 0.3) is 0 Å². The molecular weight excluding hydrogens is 364 g/mol. The van der Waals surface area contributed by atoms with Crippen LogP contribution in [-0.2, 0) is 24.0 Å². The van der Waals surface area contributed by atoms with Crippen molar-refractivity contribution >= 4 is 34.2 Å². The van der Waals surface area contributed by atoms with Gasteiger partial charge in [0, 0.05) is 23.1 Å². The average molecular weight is 382 g/mol. The van der Waals surface area contributed by atoms with Crippen molar-refractivity contribution in [3.63, 3.8) is 0 Å². The van der Waals surface area contributed by atoms with Gasteiger partial charge in [-0.2, -0.15) is 8.42 Å². The summed E-state index contributed by atoms with van der Waals surface area (Å²) in [5, 5.41) is 6.65. The summed E-state index contributed by atoms with van der Waals surface area (Å²) < 4.78 is 33.4. The van der Waals surface area contributed by atoms with Gasteiger partial charge in [0.1, 0.15) is 12.9 Å². The van der Waals surface area contributed by atoms with Crippen molar-refractivity contribution in [2.45, 2.75) is 6.42 Å². The number of hydrogen-bond donors (Lipinski definition) is 2. The number of carbonyl (C=O) groups excluding carboxylic acids is 1. The van der Waals surface area contributed by atoms with Crippen LogP contribution in [0.1, 0.15) is 17.5 Å². The van der Waals surface area contributed by atoms with Crippen LogP contribution in [0.2, 0.25) is 0 Å². The van der Waals surface area contributed by atoms with Crippen LogP contribution in [0.4, 0.5) is 0 Å². The Bertz CT molecular complexity index is 872. The molecule has 0 spiro atoms. The van der Waals surface area contributed by atoms with Gasteiger partial charge >= 0.3 is 10.1 Å². The van der Waals surface area contributed by atoms with Gasteiger partial charge in [0.2, 0.25) is 5.96 Å². The highest BCUT2D eigenvalue weighted by molar-refractivity contribution is 7.87. The number of guanidine groups is 1. The van der Waals surface area contributed by atoms with E-state index in [1.807, 2.05) is 0 Å². The molecule has 1 aromatic rings. The Morgan fingerprint density at radius 3 is 2.85 bits per heavy atom. The highest BCUT2D eigenvalue weighted by Crippen LogP contribution is 2.29. The number of fused-ring (bicyclic) bond motifs is 1. The lowest BCUT2D eigenvalue weighted by Crippen LogP contribution is -2.25. The summed E-state index contributed by atoms with van der Waals surface area (Å²) in [5.41, 5.74) is 11.6. The Labute approximate surface area is 150 Å². The van der Waals surface area contributed by atoms with Crippen LogP contribution in [-0.4, -0.2) is 45.8 Å². The topological polar surface area (TPSA) is 156 Å². The Balaban J connectivity index is 2.26. The van der Waals surface area contributed by atoms with Gasteiger partial charge in [-0.05, 0) is 17.3 Å². The fraction of sp³-hybridized carbons (Fsp3) is 0.267. The monoisotopic (exact) mass is 382 g/mol. The van der Waals surface area contributed by atoms with E-state index in [0.29, 0.717) is 16.9 Å². The molecule has 26 heavy (non-hydrogen) atoms. The second-order valence-electron chi connectivity index (χ2n) is 5.17. The first-order valence-electron chi connectivity index (χ1n) is 7.39. The summed E-state index contributed by atoms with van der Waals surface area (Å²) in [6, 6.07) is 5.26. The number of ether oxygens (including phenoxy) is 1. The highest BCUT2D eigenvalue weighted by Gasteiger charge is 2.23. The van der Waals surface area contributed by atoms with Gasteiger partial charge in [-0.25, -0.2) is 0 Å². The zero-order valence-electron chi connectivity index (χ0n) is 13.9. The molecule has 4 N–H and O–H groups in total. The molecule has 0 radical (unpaired) electrons. The van der Waals surface area contributed by atoms with Crippen LogP contribution in [0.25, 0.3) is 6.08 Å². The van der Waals surface area contributed by atoms with Gasteiger partial charge < -0.3 is 21.0 Å². The van der Waals surface area contributed by atoms with E-state index in [-0.39, 0.29) is 18.6 Å². The molecule has 10 nitrogen and oxygen atoms in total. The fourth-order valence-corrected chi connectivity index (χ4v) is 2.95. The lowest BCUT2D eigenvalue weighted by Gasteiger charge is -2.08. The maximum absolute atomic E-state index is 12.3. The Morgan fingerprint density at radius 2 is 2.15 bits per heavy atom. The molecule has 0 aliphatic carbocycles. The number of nitrogens with zero attached hydrogens (tertiary/aromatic N) is 2. The molecule has 0 saturated carbocycles. The molecule has 0 atom stereocenters. The van der Waals surface area contributed by atoms with Crippen molar-refractivity contribution in [2.24, 2.45) is 21.8 Å². The SMILES string of the molecule is CON=Cc1cccc2c1OCCC(C(=O)CS(=O)(=O)ON=C(N)N)=C2. The molecule has 0 saturated heterocycles. The van der Waals surface area contributed by atoms with Crippen molar-refractivity contribution in [3.8, 4) is 5.75 Å². The van der Waals surface area contributed by atoms with E-state index < -0.39 is 27.6 Å². The first kappa shape index (κ1) is 19.2. The molecule has 11 heteroatoms. The predicted molar refractivity (Wildman–Crippen MR) is 94.8 cm³/mol. The minimum absolute atomic E-state index is 0.192. The molecule has 1 aromatic carbocycles. The molecule has 0 bridgehead atoms. The van der Waals surface area contributed by atoms with Gasteiger partial charge in [-0.1, -0.05) is 17.3 Å². The number of Topliss-reactive ketones (excluding diaryl/α,β-unsaturated/α-hetero) is 1. The molecule has 0 amide bonds. The van der Waals surface area contributed by atoms with Gasteiger partial charge in [0.05, 0.1) is 12.8 Å². The zero-order valence-corrected chi connectivity index (χ0v) is 14.7. The van der Waals surface area contributed by atoms with Crippen LogP contribution >= 0.6 is 0 Å². The van der Waals surface area contributed by atoms with Crippen LogP contribution < -0.4 is 16.2 Å². The lowest BCUT2D eigenvalue weighted by atomic mass is 10.0. The van der Waals surface area contributed by atoms with E-state index in [1.54, 1.807) is 24.3 Å². The summed E-state index contributed by atoms with van der Waals surface area (Å²) in [6.45, 7) is 0.192. The Kier molecular flexibility index (Phi) is 6.17. The number of rotatable bonds is 7. The molecule has 0 fully saturated rings. The number of para-hydroxylation sites is 1. The maximum Gasteiger partial charge on any atom is 0.336 e. The molecule has 1 heterocycles. The third kappa shape index (κ3) is 5.21. The van der Waals surface area contributed by atoms with Gasteiger partial charge in [-0.15, -0.1) is 0 Å². The third-order valence-electron chi connectivity index (χ3n) is 3.24. The minimum atomic E-state index is -4.25. The van der Waals surface area contributed by atoms with Crippen molar-refractivity contribution in [3.05, 3.63) is 34.9 Å². The Morgan fingerprint density at radius 1 is 1.38 bits per heavy atom. The molecule has 1 aliphatic rings. The predicted octanol–water partition coefficient (Wildman–Crippen LogP) is -0.0633. The van der Waals surface area contributed by atoms with Crippen molar-refractivity contribution in [1.29, 1.82) is 0 Å². The molecule has 140 valence electrons. The van der Waals surface area contributed by atoms with Crippen molar-refractivity contribution in [2.75, 3.05) is 19.5 Å². The molecule has 0 aromatic heterocycles. The fourth-order valence-electron chi connectivity index (χ4n) is 2.19. The first-order valence-corrected chi connectivity index (χ1v) is 8.96. The van der Waals surface area contributed by atoms with E-state index in [2.05, 4.69) is 19.4 Å². The number of hydrogen-bond acceptors (Lipinski definition) is 8. The maximum atomic E-state index is 12.3. The highest BCUT2D eigenvalue weighted by atomic mass is 32.2. The summed E-state index contributed by atoms with van der Waals surface area (Å²) in [5.74, 6) is -1.57. The van der Waals surface area contributed by atoms with Crippen LogP contribution in [0.5, 0.6) is 5.75 Å². The van der Waals surface area contributed by atoms with Crippen LogP contribution in [0, 0.1) is 0 Å². The van der Waals surface area contributed by atoms with Crippen LogP contribution in [0.15, 0.2) is 34.1 Å². The van der Waals surface area contributed by atoms with E-state index in [4.69, 9.17) is 16.2 Å². The zero-order chi connectivity index (χ0) is 19.2. The molecule has 1 aliphatic heterocycles. The second kappa shape index (κ2) is 8.34. The molecule has 2 rings (SSSR count). The van der Waals surface area contributed by atoms with Gasteiger partial charge in [0.15, 0.2) is 11.5 Å². The number of ketones is 1. The lowest BCUT2D eigenvalue weighted by molar-refractivity contribution is -0.113. The first-order chi connectivity index (χ1) is 12.3. The van der Waals surface area contributed by atoms with E-state index in [0.717, 1.165) is 0 Å². The standard InChI is InChI=1S/C15H18N4O6S/c1-23-18-8-12-4-2-3-11-7-10(5-6-24-14(11)12)13(20)9-26(21,22)25-19-15(16)17/h2-4,7-8H,5-6,9H2,1H3,(H4,16,17,19). The van der Waals surface area contributed by atoms with E-state index >= 15 is 0 Å². The summed E-state index contributed by atoms with van der Waals surface area (Å²) >= 11 is 0. The Hall–Kier alpha value is -3.08. The van der Waals surface area contributed by atoms with Crippen molar-refractivity contribution < 1.29 is 27.1 Å². The molecular formula is C15H18N4O6S. The molecule has 0 unspecified atom stereocenters. The smallest absolute Gasteiger partial charge is 0.336 e. The van der Waals surface area contributed by atoms with Gasteiger partial charge in [-0.3, -0.25) is 9.08 Å². The summed E-state index contributed by atoms with van der Waals surface area (Å²) in [6.07, 6.45) is 3.28. The number of carbonyl (C=O) groups is 1. The van der Waals surface area contributed by atoms with Crippen LogP contribution in [0.3, 0.4) is 0 Å². The third-order valence-corrected chi connectivity index (χ3v) is 4.16. The quantitative estimate of drug-likeness (QED) is 0.377. The number of benzene rings is 1. The second-order valence-corrected chi connectivity index (χ2v) is 6.72. The normalized spacial score (nSPS) is 13.8. The minimum Gasteiger partial charge on any atom is -0.492 e. The van der Waals surface area contributed by atoms with E-state index in [1.165, 1.54) is 13.3 Å². The van der Waals surface area contributed by atoms with E-state index in [9.17, 15) is 13.2 Å². The largest absolute Gasteiger partial charge is 0.492 e. The summed E-state index contributed by atoms with van der Waals surface area (Å²) in [4.78, 5) is 17.0.